The van der Waals surface area contributed by atoms with Gasteiger partial charge in [0.05, 0.1) is 24.3 Å². The second kappa shape index (κ2) is 11.2. The number of piperazine rings is 1. The lowest BCUT2D eigenvalue weighted by atomic mass is 10.1. The average molecular weight is 539 g/mol. The van der Waals surface area contributed by atoms with Crippen LogP contribution in [0.2, 0.25) is 0 Å². The van der Waals surface area contributed by atoms with Crippen LogP contribution >= 0.6 is 0 Å². The first kappa shape index (κ1) is 25.7. The van der Waals surface area contributed by atoms with Crippen molar-refractivity contribution in [3.05, 3.63) is 77.8 Å². The SMILES string of the molecule is O=C(NCC(=O)N1CCN(c2ccc(-c3cc(CNc4ccon4)on3)cc2F)CC1)c1ccc(F)cc1O. The Morgan fingerprint density at radius 3 is 2.54 bits per heavy atom. The molecule has 13 heteroatoms. The molecule has 2 aromatic carbocycles. The quantitative estimate of drug-likeness (QED) is 0.309. The fourth-order valence-electron chi connectivity index (χ4n) is 4.19. The molecule has 1 saturated heterocycles. The molecule has 3 heterocycles. The minimum absolute atomic E-state index is 0.127. The van der Waals surface area contributed by atoms with E-state index in [1.165, 1.54) is 12.3 Å². The highest BCUT2D eigenvalue weighted by molar-refractivity contribution is 5.98. The van der Waals surface area contributed by atoms with Gasteiger partial charge in [-0.1, -0.05) is 16.4 Å². The average Bonchev–Trinajstić information content (AvgIpc) is 3.63. The van der Waals surface area contributed by atoms with Gasteiger partial charge in [-0.2, -0.15) is 0 Å². The molecule has 0 aliphatic carbocycles. The molecule has 5 rings (SSSR count). The number of phenols is 1. The Bertz CT molecular complexity index is 1470. The Labute approximate surface area is 221 Å². The minimum Gasteiger partial charge on any atom is -0.507 e. The standard InChI is InChI=1S/C26H24F2N6O5/c27-17-2-3-19(23(35)12-17)26(37)30-15-25(36)34-8-6-33(7-9-34)22-4-1-16(11-20(22)28)21-13-18(39-31-21)14-29-24-5-10-38-32-24/h1-5,10-13,35H,6-9,14-15H2,(H,29,32)(H,30,37). The van der Waals surface area contributed by atoms with E-state index in [9.17, 15) is 19.1 Å². The van der Waals surface area contributed by atoms with Crippen LogP contribution in [-0.4, -0.2) is 64.9 Å². The first-order valence-corrected chi connectivity index (χ1v) is 12.1. The van der Waals surface area contributed by atoms with Crippen LogP contribution in [0.1, 0.15) is 16.1 Å². The van der Waals surface area contributed by atoms with Crippen molar-refractivity contribution >= 4 is 23.3 Å². The van der Waals surface area contributed by atoms with Crippen molar-refractivity contribution < 1.29 is 32.5 Å². The van der Waals surface area contributed by atoms with Crippen LogP contribution in [0, 0.1) is 11.6 Å². The molecule has 1 aliphatic rings. The number of amides is 2. The number of carbonyl (C=O) groups is 2. The summed E-state index contributed by atoms with van der Waals surface area (Å²) in [4.78, 5) is 28.2. The fraction of sp³-hybridized carbons (Fsp3) is 0.231. The van der Waals surface area contributed by atoms with Crippen molar-refractivity contribution in [2.75, 3.05) is 42.9 Å². The van der Waals surface area contributed by atoms with Gasteiger partial charge in [-0.25, -0.2) is 8.78 Å². The van der Waals surface area contributed by atoms with E-state index >= 15 is 4.39 Å². The highest BCUT2D eigenvalue weighted by Gasteiger charge is 2.24. The largest absolute Gasteiger partial charge is 0.507 e. The number of aromatic nitrogens is 2. The summed E-state index contributed by atoms with van der Waals surface area (Å²) in [5.74, 6) is -1.52. The zero-order chi connectivity index (χ0) is 27.4. The maximum atomic E-state index is 15.0. The van der Waals surface area contributed by atoms with E-state index < -0.39 is 23.3 Å². The van der Waals surface area contributed by atoms with Gasteiger partial charge in [0, 0.05) is 49.9 Å². The van der Waals surface area contributed by atoms with E-state index in [4.69, 9.17) is 9.05 Å². The molecule has 202 valence electrons. The number of carbonyl (C=O) groups excluding carboxylic acids is 2. The predicted octanol–water partition coefficient (Wildman–Crippen LogP) is 3.00. The number of rotatable bonds is 8. The second-order valence-electron chi connectivity index (χ2n) is 8.79. The molecule has 3 N–H and O–H groups in total. The van der Waals surface area contributed by atoms with E-state index in [2.05, 4.69) is 20.9 Å². The summed E-state index contributed by atoms with van der Waals surface area (Å²) < 4.78 is 38.2. The third-order valence-corrected chi connectivity index (χ3v) is 6.26. The molecule has 2 amide bonds. The van der Waals surface area contributed by atoms with Gasteiger partial charge < -0.3 is 34.6 Å². The Hall–Kier alpha value is -4.94. The number of hydrogen-bond acceptors (Lipinski definition) is 9. The van der Waals surface area contributed by atoms with Crippen LogP contribution in [-0.2, 0) is 11.3 Å². The van der Waals surface area contributed by atoms with E-state index in [1.807, 2.05) is 4.90 Å². The number of nitrogens with zero attached hydrogens (tertiary/aromatic N) is 4. The molecule has 1 aliphatic heterocycles. The maximum Gasteiger partial charge on any atom is 0.255 e. The molecular formula is C26H24F2N6O5. The van der Waals surface area contributed by atoms with Gasteiger partial charge >= 0.3 is 0 Å². The van der Waals surface area contributed by atoms with Crippen LogP contribution in [0.4, 0.5) is 20.3 Å². The van der Waals surface area contributed by atoms with Gasteiger partial charge in [0.1, 0.15) is 29.3 Å². The molecule has 0 atom stereocenters. The van der Waals surface area contributed by atoms with Gasteiger partial charge in [-0.3, -0.25) is 9.59 Å². The monoisotopic (exact) mass is 538 g/mol. The zero-order valence-corrected chi connectivity index (χ0v) is 20.6. The van der Waals surface area contributed by atoms with Crippen molar-refractivity contribution in [3.63, 3.8) is 0 Å². The summed E-state index contributed by atoms with van der Waals surface area (Å²) in [6.45, 7) is 1.52. The number of halogens is 2. The van der Waals surface area contributed by atoms with E-state index in [0.717, 1.165) is 18.2 Å². The summed E-state index contributed by atoms with van der Waals surface area (Å²) in [7, 11) is 0. The van der Waals surface area contributed by atoms with Crippen molar-refractivity contribution in [1.82, 2.24) is 20.5 Å². The molecule has 4 aromatic rings. The molecule has 39 heavy (non-hydrogen) atoms. The topological polar surface area (TPSA) is 137 Å². The predicted molar refractivity (Wildman–Crippen MR) is 135 cm³/mol. The number of anilines is 2. The molecule has 0 unspecified atom stereocenters. The molecule has 0 bridgehead atoms. The summed E-state index contributed by atoms with van der Waals surface area (Å²) in [5.41, 5.74) is 1.33. The lowest BCUT2D eigenvalue weighted by molar-refractivity contribution is -0.130. The number of benzene rings is 2. The van der Waals surface area contributed by atoms with Crippen LogP contribution in [0.25, 0.3) is 11.3 Å². The molecule has 0 saturated carbocycles. The van der Waals surface area contributed by atoms with Crippen molar-refractivity contribution in [1.29, 1.82) is 0 Å². The minimum atomic E-state index is -0.688. The molecule has 0 radical (unpaired) electrons. The third-order valence-electron chi connectivity index (χ3n) is 6.26. The number of hydrogen-bond donors (Lipinski definition) is 3. The Kier molecular flexibility index (Phi) is 7.39. The van der Waals surface area contributed by atoms with Crippen LogP contribution in [0.5, 0.6) is 5.75 Å². The molecule has 11 nitrogen and oxygen atoms in total. The van der Waals surface area contributed by atoms with Gasteiger partial charge in [0.25, 0.3) is 5.91 Å². The molecular weight excluding hydrogens is 514 g/mol. The maximum absolute atomic E-state index is 15.0. The van der Waals surface area contributed by atoms with E-state index in [0.29, 0.717) is 61.2 Å². The normalized spacial score (nSPS) is 13.4. The van der Waals surface area contributed by atoms with Crippen LogP contribution < -0.4 is 15.5 Å². The summed E-state index contributed by atoms with van der Waals surface area (Å²) in [5, 5.41) is 22.9. The second-order valence-corrected chi connectivity index (χ2v) is 8.79. The summed E-state index contributed by atoms with van der Waals surface area (Å²) >= 11 is 0. The molecule has 1 fully saturated rings. The lowest BCUT2D eigenvalue weighted by Gasteiger charge is -2.36. The first-order chi connectivity index (χ1) is 18.9. The summed E-state index contributed by atoms with van der Waals surface area (Å²) in [6.07, 6.45) is 1.45. The van der Waals surface area contributed by atoms with Crippen molar-refractivity contribution in [3.8, 4) is 17.0 Å². The van der Waals surface area contributed by atoms with Crippen LogP contribution in [0.3, 0.4) is 0 Å². The Morgan fingerprint density at radius 2 is 1.82 bits per heavy atom. The molecule has 0 spiro atoms. The lowest BCUT2D eigenvalue weighted by Crippen LogP contribution is -2.51. The highest BCUT2D eigenvalue weighted by atomic mass is 19.1. The smallest absolute Gasteiger partial charge is 0.255 e. The Balaban J connectivity index is 1.12. The first-order valence-electron chi connectivity index (χ1n) is 12.1. The summed E-state index contributed by atoms with van der Waals surface area (Å²) in [6, 6.07) is 11.2. The fourth-order valence-corrected chi connectivity index (χ4v) is 4.19. The van der Waals surface area contributed by atoms with Crippen molar-refractivity contribution in [2.24, 2.45) is 0 Å². The number of nitrogens with one attached hydrogen (secondary N) is 2. The number of aromatic hydroxyl groups is 1. The van der Waals surface area contributed by atoms with Gasteiger partial charge in [-0.05, 0) is 24.3 Å². The van der Waals surface area contributed by atoms with Crippen LogP contribution in [0.15, 0.2) is 63.8 Å². The van der Waals surface area contributed by atoms with Crippen molar-refractivity contribution in [2.45, 2.75) is 6.54 Å². The van der Waals surface area contributed by atoms with E-state index in [1.54, 1.807) is 29.2 Å². The van der Waals surface area contributed by atoms with Gasteiger partial charge in [0.2, 0.25) is 5.91 Å². The van der Waals surface area contributed by atoms with Gasteiger partial charge in [-0.15, -0.1) is 0 Å². The molecule has 2 aromatic heterocycles. The number of phenolic OH excluding ortho intramolecular Hbond substituents is 1. The van der Waals surface area contributed by atoms with E-state index in [-0.39, 0.29) is 18.0 Å². The highest BCUT2D eigenvalue weighted by Crippen LogP contribution is 2.27. The van der Waals surface area contributed by atoms with Gasteiger partial charge in [0.15, 0.2) is 11.6 Å². The zero-order valence-electron chi connectivity index (χ0n) is 20.6. The Morgan fingerprint density at radius 1 is 1.00 bits per heavy atom. The third kappa shape index (κ3) is 5.98.